The molecule has 0 saturated carbocycles. The van der Waals surface area contributed by atoms with E-state index in [1.54, 1.807) is 6.20 Å². The summed E-state index contributed by atoms with van der Waals surface area (Å²) in [5.41, 5.74) is 7.81. The number of hydrogen-bond donors (Lipinski definition) is 1. The molecular weight excluding hydrogens is 422 g/mol. The Morgan fingerprint density at radius 3 is 2.87 bits per heavy atom. The molecule has 0 aliphatic rings. The van der Waals surface area contributed by atoms with E-state index in [0.717, 1.165) is 19.2 Å². The zero-order chi connectivity index (χ0) is 16.1. The lowest BCUT2D eigenvalue weighted by molar-refractivity contribution is 0.805. The standard InChI is InChI=1S/C12H7BrClN7S2/c1-21-8-6(7(15)19-10(14)20-8)17-11(21)23-12-18-5-4(13)2-3-16-9(5)22-12/h2-3H,1H3,(H2,15,19,20). The summed E-state index contributed by atoms with van der Waals surface area (Å²) in [6.45, 7) is 0. The molecule has 7 nitrogen and oxygen atoms in total. The van der Waals surface area contributed by atoms with E-state index in [4.69, 9.17) is 17.3 Å². The van der Waals surface area contributed by atoms with E-state index in [-0.39, 0.29) is 11.1 Å². The third kappa shape index (κ3) is 2.55. The second kappa shape index (κ2) is 5.55. The van der Waals surface area contributed by atoms with Gasteiger partial charge in [-0.25, -0.2) is 15.0 Å². The zero-order valence-corrected chi connectivity index (χ0v) is 15.5. The number of nitrogens with two attached hydrogens (primary N) is 1. The van der Waals surface area contributed by atoms with Gasteiger partial charge in [0.2, 0.25) is 5.28 Å². The number of pyridine rings is 1. The maximum Gasteiger partial charge on any atom is 0.226 e. The van der Waals surface area contributed by atoms with Crippen LogP contribution >= 0.6 is 50.6 Å². The van der Waals surface area contributed by atoms with Crippen LogP contribution in [0.2, 0.25) is 5.28 Å². The fourth-order valence-electron chi connectivity index (χ4n) is 2.03. The molecule has 11 heteroatoms. The molecule has 0 bridgehead atoms. The number of nitrogens with zero attached hydrogens (tertiary/aromatic N) is 6. The van der Waals surface area contributed by atoms with Gasteiger partial charge in [0.25, 0.3) is 0 Å². The number of imidazole rings is 1. The van der Waals surface area contributed by atoms with Crippen LogP contribution in [0.15, 0.2) is 26.2 Å². The van der Waals surface area contributed by atoms with Crippen molar-refractivity contribution in [3.05, 3.63) is 22.0 Å². The number of aryl methyl sites for hydroxylation is 1. The molecule has 23 heavy (non-hydrogen) atoms. The predicted molar refractivity (Wildman–Crippen MR) is 95.0 cm³/mol. The predicted octanol–water partition coefficient (Wildman–Crippen LogP) is 3.52. The monoisotopic (exact) mass is 427 g/mol. The zero-order valence-electron chi connectivity index (χ0n) is 11.5. The lowest BCUT2D eigenvalue weighted by Gasteiger charge is -1.98. The summed E-state index contributed by atoms with van der Waals surface area (Å²) < 4.78 is 3.56. The number of anilines is 1. The summed E-state index contributed by atoms with van der Waals surface area (Å²) in [5, 5.41) is 0.807. The van der Waals surface area contributed by atoms with Crippen molar-refractivity contribution in [2.24, 2.45) is 7.05 Å². The number of rotatable bonds is 2. The van der Waals surface area contributed by atoms with Gasteiger partial charge in [-0.2, -0.15) is 9.97 Å². The summed E-state index contributed by atoms with van der Waals surface area (Å²) in [4.78, 5) is 22.4. The van der Waals surface area contributed by atoms with Crippen LogP contribution in [0.1, 0.15) is 0 Å². The minimum absolute atomic E-state index is 0.0997. The SMILES string of the molecule is Cn1c(Sc2nc3c(Br)ccnc3s2)nc2c(N)nc(Cl)nc21. The van der Waals surface area contributed by atoms with Gasteiger partial charge < -0.3 is 10.3 Å². The number of aromatic nitrogens is 6. The van der Waals surface area contributed by atoms with Gasteiger partial charge in [0.05, 0.1) is 0 Å². The smallest absolute Gasteiger partial charge is 0.226 e. The van der Waals surface area contributed by atoms with Crippen LogP contribution in [0.3, 0.4) is 0 Å². The summed E-state index contributed by atoms with van der Waals surface area (Å²) >= 11 is 12.3. The van der Waals surface area contributed by atoms with E-state index in [0.29, 0.717) is 16.3 Å². The molecule has 4 heterocycles. The van der Waals surface area contributed by atoms with Crippen molar-refractivity contribution in [1.82, 2.24) is 29.5 Å². The Balaban J connectivity index is 1.81. The quantitative estimate of drug-likeness (QED) is 0.488. The third-order valence-electron chi connectivity index (χ3n) is 3.08. The van der Waals surface area contributed by atoms with E-state index in [1.165, 1.54) is 23.1 Å². The highest BCUT2D eigenvalue weighted by Crippen LogP contribution is 2.36. The number of thiazole rings is 1. The summed E-state index contributed by atoms with van der Waals surface area (Å²) in [7, 11) is 1.85. The minimum Gasteiger partial charge on any atom is -0.382 e. The average Bonchev–Trinajstić information content (AvgIpc) is 3.04. The number of nitrogen functional groups attached to an aromatic ring is 1. The molecule has 0 aliphatic carbocycles. The minimum atomic E-state index is 0.0997. The first-order chi connectivity index (χ1) is 11.0. The summed E-state index contributed by atoms with van der Waals surface area (Å²) in [6, 6.07) is 1.86. The van der Waals surface area contributed by atoms with Crippen molar-refractivity contribution in [2.45, 2.75) is 9.50 Å². The van der Waals surface area contributed by atoms with E-state index in [9.17, 15) is 0 Å². The van der Waals surface area contributed by atoms with Gasteiger partial charge >= 0.3 is 0 Å². The fourth-order valence-corrected chi connectivity index (χ4v) is 4.68. The summed E-state index contributed by atoms with van der Waals surface area (Å²) in [5.74, 6) is 0.260. The van der Waals surface area contributed by atoms with Crippen LogP contribution in [0.25, 0.3) is 21.5 Å². The molecule has 4 rings (SSSR count). The van der Waals surface area contributed by atoms with Crippen molar-refractivity contribution in [3.63, 3.8) is 0 Å². The van der Waals surface area contributed by atoms with Gasteiger partial charge in [-0.3, -0.25) is 0 Å². The van der Waals surface area contributed by atoms with Crippen LogP contribution in [0, 0.1) is 0 Å². The highest BCUT2D eigenvalue weighted by molar-refractivity contribution is 9.10. The van der Waals surface area contributed by atoms with Crippen LogP contribution in [0.5, 0.6) is 0 Å². The molecule has 4 aromatic heterocycles. The Hall–Kier alpha value is -1.49. The molecule has 0 spiro atoms. The molecule has 2 N–H and O–H groups in total. The van der Waals surface area contributed by atoms with Crippen molar-refractivity contribution in [1.29, 1.82) is 0 Å². The normalized spacial score (nSPS) is 11.6. The molecule has 0 aliphatic heterocycles. The molecule has 4 aromatic rings. The maximum absolute atomic E-state index is 5.86. The second-order valence-corrected chi connectivity index (χ2v) is 7.92. The molecule has 116 valence electrons. The van der Waals surface area contributed by atoms with Gasteiger partial charge in [0, 0.05) is 17.7 Å². The Labute approximate surface area is 151 Å². The Morgan fingerprint density at radius 2 is 2.09 bits per heavy atom. The highest BCUT2D eigenvalue weighted by atomic mass is 79.9. The van der Waals surface area contributed by atoms with Gasteiger partial charge in [0.15, 0.2) is 26.5 Å². The Morgan fingerprint density at radius 1 is 1.26 bits per heavy atom. The average molecular weight is 429 g/mol. The molecule has 0 fully saturated rings. The lowest BCUT2D eigenvalue weighted by atomic mass is 10.5. The number of halogens is 2. The van der Waals surface area contributed by atoms with E-state index in [1.807, 2.05) is 17.7 Å². The van der Waals surface area contributed by atoms with Crippen molar-refractivity contribution in [2.75, 3.05) is 5.73 Å². The molecule has 0 saturated heterocycles. The van der Waals surface area contributed by atoms with Crippen molar-refractivity contribution >= 4 is 78.0 Å². The fraction of sp³-hybridized carbons (Fsp3) is 0.0833. The molecule has 0 atom stereocenters. The topological polar surface area (TPSA) is 95.4 Å². The Kier molecular flexibility index (Phi) is 3.63. The molecule has 0 amide bonds. The molecular formula is C12H7BrClN7S2. The first-order valence-corrected chi connectivity index (χ1v) is 9.07. The summed E-state index contributed by atoms with van der Waals surface area (Å²) in [6.07, 6.45) is 1.74. The second-order valence-electron chi connectivity index (χ2n) is 4.53. The van der Waals surface area contributed by atoms with Crippen LogP contribution in [-0.4, -0.2) is 29.5 Å². The third-order valence-corrected chi connectivity index (χ3v) is 5.97. The lowest BCUT2D eigenvalue weighted by Crippen LogP contribution is -1.96. The van der Waals surface area contributed by atoms with Crippen molar-refractivity contribution < 1.29 is 0 Å². The Bertz CT molecular complexity index is 1060. The first kappa shape index (κ1) is 15.1. The van der Waals surface area contributed by atoms with Gasteiger partial charge in [-0.1, -0.05) is 11.3 Å². The number of hydrogen-bond acceptors (Lipinski definition) is 8. The van der Waals surface area contributed by atoms with Gasteiger partial charge in [-0.15, -0.1) is 0 Å². The van der Waals surface area contributed by atoms with Gasteiger partial charge in [-0.05, 0) is 45.4 Å². The number of fused-ring (bicyclic) bond motifs is 2. The highest BCUT2D eigenvalue weighted by Gasteiger charge is 2.17. The maximum atomic E-state index is 5.86. The van der Waals surface area contributed by atoms with E-state index < -0.39 is 0 Å². The van der Waals surface area contributed by atoms with Crippen LogP contribution in [-0.2, 0) is 7.05 Å². The van der Waals surface area contributed by atoms with E-state index >= 15 is 0 Å². The molecule has 0 radical (unpaired) electrons. The first-order valence-electron chi connectivity index (χ1n) is 6.27. The largest absolute Gasteiger partial charge is 0.382 e. The van der Waals surface area contributed by atoms with Gasteiger partial charge in [0.1, 0.15) is 10.3 Å². The van der Waals surface area contributed by atoms with E-state index in [2.05, 4.69) is 40.8 Å². The molecule has 0 aromatic carbocycles. The van der Waals surface area contributed by atoms with Crippen LogP contribution in [0.4, 0.5) is 5.82 Å². The molecule has 0 unspecified atom stereocenters. The van der Waals surface area contributed by atoms with Crippen molar-refractivity contribution in [3.8, 4) is 0 Å². The van der Waals surface area contributed by atoms with Crippen LogP contribution < -0.4 is 5.73 Å².